The van der Waals surface area contributed by atoms with Crippen molar-refractivity contribution in [2.45, 2.75) is 25.3 Å². The van der Waals surface area contributed by atoms with Gasteiger partial charge in [0.1, 0.15) is 0 Å². The molecule has 0 aliphatic rings. The van der Waals surface area contributed by atoms with Gasteiger partial charge in [0.05, 0.1) is 6.67 Å². The molecule has 0 fully saturated rings. The molecule has 0 aromatic rings. The van der Waals surface area contributed by atoms with E-state index in [9.17, 15) is 4.79 Å². The Morgan fingerprint density at radius 1 is 1.42 bits per heavy atom. The summed E-state index contributed by atoms with van der Waals surface area (Å²) >= 11 is 0. The topological polar surface area (TPSA) is 107 Å². The molecule has 0 radical (unpaired) electrons. The van der Waals surface area contributed by atoms with E-state index in [0.717, 1.165) is 12.8 Å². The molecule has 0 saturated carbocycles. The summed E-state index contributed by atoms with van der Waals surface area (Å²) in [6, 6.07) is -0.0971. The molecule has 0 aliphatic heterocycles. The lowest BCUT2D eigenvalue weighted by atomic mass is 10.6. The molecule has 72 valence electrons. The summed E-state index contributed by atoms with van der Waals surface area (Å²) in [7, 11) is 0. The van der Waals surface area contributed by atoms with E-state index < -0.39 is 0 Å². The monoisotopic (exact) mass is 178 g/mol. The summed E-state index contributed by atoms with van der Waals surface area (Å²) in [4.78, 5) is 10.9. The van der Waals surface area contributed by atoms with E-state index in [4.69, 9.17) is 17.2 Å². The van der Waals surface area contributed by atoms with Crippen LogP contribution in [0.5, 0.6) is 0 Å². The summed E-state index contributed by atoms with van der Waals surface area (Å²) in [6.45, 7) is 0.786. The van der Waals surface area contributed by atoms with Crippen LogP contribution in [0.15, 0.2) is 0 Å². The van der Waals surface area contributed by atoms with Crippen molar-refractivity contribution >= 4 is 5.91 Å². The van der Waals surface area contributed by atoms with Gasteiger partial charge in [-0.1, -0.05) is 0 Å². The molecular weight excluding hydrogens is 160 g/mol. The van der Waals surface area contributed by atoms with Crippen molar-refractivity contribution in [3.63, 3.8) is 0 Å². The Hall–Kier alpha value is -0.650. The number of hydrogen-bond donors (Lipinski definition) is 4. The van der Waals surface area contributed by atoms with Gasteiger partial charge in [0.2, 0.25) is 5.91 Å². The van der Waals surface area contributed by atoms with E-state index in [1.54, 1.807) is 0 Å². The van der Waals surface area contributed by atoms with Crippen LogP contribution in [0.1, 0.15) is 19.3 Å². The molecule has 1 atom stereocenters. The Morgan fingerprint density at radius 3 is 2.58 bits per heavy atom. The minimum Gasteiger partial charge on any atom is -0.344 e. The Morgan fingerprint density at radius 2 is 2.08 bits per heavy atom. The maximum Gasteiger partial charge on any atom is 0.222 e. The summed E-state index contributed by atoms with van der Waals surface area (Å²) < 4.78 is 0. The summed E-state index contributed by atoms with van der Waals surface area (Å²) in [5.74, 6) is -0.0954. The van der Waals surface area contributed by atoms with Gasteiger partial charge in [-0.15, -0.1) is 0 Å². The molecule has 0 aromatic carbocycles. The molecule has 0 aliphatic carbocycles. The highest BCUT2D eigenvalue weighted by atomic mass is 16.2. The fourth-order valence-electron chi connectivity index (χ4n) is 0.906. The number of nitrogens with two attached hydrogens (primary N) is 3. The van der Waals surface area contributed by atoms with Crippen molar-refractivity contribution in [1.82, 2.24) is 5.32 Å². The molecule has 0 spiro atoms. The zero-order valence-electron chi connectivity index (χ0n) is 7.25. The first kappa shape index (κ1) is 11.4. The van der Waals surface area contributed by atoms with Gasteiger partial charge >= 0.3 is 0 Å². The van der Waals surface area contributed by atoms with Crippen molar-refractivity contribution < 1.29 is 4.79 Å². The van der Waals surface area contributed by atoms with Gasteiger partial charge in [-0.2, -0.15) is 0 Å². The van der Waals surface area contributed by atoms with Gasteiger partial charge in [0, 0.05) is 12.5 Å². The largest absolute Gasteiger partial charge is 0.344 e. The second kappa shape index (κ2) is 7.02. The first-order valence-corrected chi connectivity index (χ1v) is 4.13. The highest BCUT2D eigenvalue weighted by molar-refractivity contribution is 5.76. The molecule has 7 N–H and O–H groups in total. The van der Waals surface area contributed by atoms with Crippen LogP contribution in [0.2, 0.25) is 0 Å². The molecule has 0 aromatic heterocycles. The first-order chi connectivity index (χ1) is 5.70. The molecular formula is C7H18N4O. The number of hydrogen-bond acceptors (Lipinski definition) is 4. The van der Waals surface area contributed by atoms with Gasteiger partial charge < -0.3 is 22.5 Å². The smallest absolute Gasteiger partial charge is 0.222 e. The Kier molecular flexibility index (Phi) is 6.64. The maximum atomic E-state index is 10.9. The van der Waals surface area contributed by atoms with Crippen LogP contribution in [0, 0.1) is 0 Å². The fourth-order valence-corrected chi connectivity index (χ4v) is 0.906. The maximum absolute atomic E-state index is 10.9. The normalized spacial score (nSPS) is 12.6. The number of carbonyl (C=O) groups is 1. The molecule has 0 unspecified atom stereocenters. The van der Waals surface area contributed by atoms with Crippen LogP contribution in [-0.4, -0.2) is 25.2 Å². The SMILES string of the molecule is NCC[13CH2][13C@@H](N)[13CH2][13C](=O)NCN. The number of carbonyl (C=O) groups excluding carboxylic acids is 1. The van der Waals surface area contributed by atoms with Crippen molar-refractivity contribution in [3.8, 4) is 0 Å². The van der Waals surface area contributed by atoms with Crippen molar-refractivity contribution in [2.75, 3.05) is 13.2 Å². The molecule has 0 bridgehead atoms. The van der Waals surface area contributed by atoms with Crippen LogP contribution in [0.25, 0.3) is 0 Å². The number of amides is 1. The standard InChI is InChI=1S/C7H18N4O/c8-3-1-2-6(10)4-7(12)11-5-9/h6H,1-5,8-10H2,(H,11,12)/t6-/m1/s1/i2+1,4+1,6+1,7+1. The summed E-state index contributed by atoms with van der Waals surface area (Å²) in [6.07, 6.45) is 1.97. The van der Waals surface area contributed by atoms with Gasteiger partial charge in [-0.25, -0.2) is 0 Å². The van der Waals surface area contributed by atoms with Gasteiger partial charge in [-0.3, -0.25) is 4.79 Å². The van der Waals surface area contributed by atoms with Crippen LogP contribution in [0.3, 0.4) is 0 Å². The third-order valence-electron chi connectivity index (χ3n) is 1.53. The average Bonchev–Trinajstić information content (AvgIpc) is 2.01. The van der Waals surface area contributed by atoms with Crippen LogP contribution in [-0.2, 0) is 4.79 Å². The van der Waals surface area contributed by atoms with E-state index in [1.807, 2.05) is 0 Å². The predicted octanol–water partition coefficient (Wildman–Crippen LogP) is -1.52. The van der Waals surface area contributed by atoms with E-state index in [0.29, 0.717) is 13.0 Å². The van der Waals surface area contributed by atoms with Crippen molar-refractivity contribution in [3.05, 3.63) is 0 Å². The Balaban J connectivity index is 3.40. The third-order valence-corrected chi connectivity index (χ3v) is 1.53. The van der Waals surface area contributed by atoms with Crippen LogP contribution >= 0.6 is 0 Å². The second-order valence-electron chi connectivity index (χ2n) is 2.70. The minimum atomic E-state index is -0.0971. The first-order valence-electron chi connectivity index (χ1n) is 4.13. The molecule has 5 nitrogen and oxygen atoms in total. The van der Waals surface area contributed by atoms with Gasteiger partial charge in [-0.05, 0) is 19.4 Å². The van der Waals surface area contributed by atoms with Crippen LogP contribution in [0.4, 0.5) is 0 Å². The molecule has 0 rings (SSSR count). The molecule has 12 heavy (non-hydrogen) atoms. The van der Waals surface area contributed by atoms with Crippen molar-refractivity contribution in [1.29, 1.82) is 0 Å². The second-order valence-corrected chi connectivity index (χ2v) is 2.70. The van der Waals surface area contributed by atoms with Crippen LogP contribution < -0.4 is 22.5 Å². The summed E-state index contributed by atoms with van der Waals surface area (Å²) in [5.41, 5.74) is 16.0. The van der Waals surface area contributed by atoms with Gasteiger partial charge in [0.15, 0.2) is 0 Å². The highest BCUT2D eigenvalue weighted by Crippen LogP contribution is 1.97. The average molecular weight is 178 g/mol. The zero-order chi connectivity index (χ0) is 9.40. The molecule has 1 amide bonds. The van der Waals surface area contributed by atoms with Gasteiger partial charge in [0.25, 0.3) is 0 Å². The Labute approximate surface area is 72.7 Å². The third kappa shape index (κ3) is 6.09. The van der Waals surface area contributed by atoms with Crippen molar-refractivity contribution in [2.24, 2.45) is 17.2 Å². The lowest BCUT2D eigenvalue weighted by molar-refractivity contribution is -0.121. The van der Waals surface area contributed by atoms with E-state index in [1.165, 1.54) is 0 Å². The molecule has 5 heteroatoms. The predicted molar refractivity (Wildman–Crippen MR) is 48.1 cm³/mol. The van der Waals surface area contributed by atoms with E-state index in [2.05, 4.69) is 5.32 Å². The number of nitrogens with one attached hydrogen (secondary N) is 1. The molecule has 0 saturated heterocycles. The minimum absolute atomic E-state index is 0.0954. The number of rotatable bonds is 6. The van der Waals surface area contributed by atoms with E-state index in [-0.39, 0.29) is 18.6 Å². The quantitative estimate of drug-likeness (QED) is 0.292. The van der Waals surface area contributed by atoms with E-state index >= 15 is 0 Å². The Bertz CT molecular complexity index is 129. The lowest BCUT2D eigenvalue weighted by Gasteiger charge is -2.09. The fraction of sp³-hybridized carbons (Fsp3) is 0.857. The lowest BCUT2D eigenvalue weighted by Crippen LogP contribution is -2.34. The zero-order valence-corrected chi connectivity index (χ0v) is 7.25. The summed E-state index contributed by atoms with van der Waals surface area (Å²) in [5, 5.41) is 2.48. The molecule has 0 heterocycles. The highest BCUT2D eigenvalue weighted by Gasteiger charge is 2.07.